The van der Waals surface area contributed by atoms with Crippen molar-refractivity contribution < 1.29 is 5.11 Å². The number of nitrogens with zero attached hydrogens (tertiary/aromatic N) is 1. The van der Waals surface area contributed by atoms with Gasteiger partial charge in [-0.2, -0.15) is 0 Å². The SMILES string of the molecule is CC(C)C(N)C(O)c1ccc2ncccc2c1. The second kappa shape index (κ2) is 4.82. The van der Waals surface area contributed by atoms with Gasteiger partial charge in [0, 0.05) is 17.6 Å². The van der Waals surface area contributed by atoms with Crippen molar-refractivity contribution in [2.75, 3.05) is 0 Å². The molecular formula is C14H18N2O. The largest absolute Gasteiger partial charge is 0.387 e. The molecule has 0 amide bonds. The van der Waals surface area contributed by atoms with Gasteiger partial charge in [0.2, 0.25) is 0 Å². The van der Waals surface area contributed by atoms with Gasteiger partial charge in [-0.25, -0.2) is 0 Å². The van der Waals surface area contributed by atoms with Crippen molar-refractivity contribution in [3.8, 4) is 0 Å². The van der Waals surface area contributed by atoms with Crippen LogP contribution in [0, 0.1) is 5.92 Å². The lowest BCUT2D eigenvalue weighted by atomic mass is 9.93. The molecule has 0 aliphatic carbocycles. The van der Waals surface area contributed by atoms with Crippen LogP contribution in [0.2, 0.25) is 0 Å². The third kappa shape index (κ3) is 2.46. The van der Waals surface area contributed by atoms with E-state index in [1.165, 1.54) is 0 Å². The van der Waals surface area contributed by atoms with E-state index in [4.69, 9.17) is 5.73 Å². The normalized spacial score (nSPS) is 15.1. The Labute approximate surface area is 101 Å². The monoisotopic (exact) mass is 230 g/mol. The molecule has 17 heavy (non-hydrogen) atoms. The molecule has 2 unspecified atom stereocenters. The Balaban J connectivity index is 2.36. The highest BCUT2D eigenvalue weighted by Crippen LogP contribution is 2.23. The third-order valence-electron chi connectivity index (χ3n) is 3.10. The summed E-state index contributed by atoms with van der Waals surface area (Å²) >= 11 is 0. The molecule has 0 saturated carbocycles. The Hall–Kier alpha value is -1.45. The highest BCUT2D eigenvalue weighted by atomic mass is 16.3. The Bertz CT molecular complexity index is 510. The Morgan fingerprint density at radius 1 is 1.24 bits per heavy atom. The molecule has 0 spiro atoms. The molecule has 0 radical (unpaired) electrons. The van der Waals surface area contributed by atoms with Crippen LogP contribution in [0.15, 0.2) is 36.5 Å². The fourth-order valence-electron chi connectivity index (χ4n) is 1.86. The predicted octanol–water partition coefficient (Wildman–Crippen LogP) is 2.25. The number of benzene rings is 1. The van der Waals surface area contributed by atoms with Gasteiger partial charge in [-0.05, 0) is 29.7 Å². The lowest BCUT2D eigenvalue weighted by Crippen LogP contribution is -2.33. The zero-order valence-corrected chi connectivity index (χ0v) is 10.2. The zero-order valence-electron chi connectivity index (χ0n) is 10.2. The molecule has 2 aromatic rings. The minimum absolute atomic E-state index is 0.245. The number of nitrogens with two attached hydrogens (primary N) is 1. The fraction of sp³-hybridized carbons (Fsp3) is 0.357. The standard InChI is InChI=1S/C14H18N2O/c1-9(2)13(15)14(17)11-5-6-12-10(8-11)4-3-7-16-12/h3-9,13-14,17H,15H2,1-2H3. The van der Waals surface area contributed by atoms with E-state index in [0.717, 1.165) is 16.5 Å². The van der Waals surface area contributed by atoms with Crippen LogP contribution in [0.1, 0.15) is 25.5 Å². The minimum Gasteiger partial charge on any atom is -0.387 e. The van der Waals surface area contributed by atoms with Gasteiger partial charge in [0.25, 0.3) is 0 Å². The van der Waals surface area contributed by atoms with Crippen molar-refractivity contribution in [2.24, 2.45) is 11.7 Å². The van der Waals surface area contributed by atoms with Crippen molar-refractivity contribution in [2.45, 2.75) is 26.0 Å². The molecule has 0 saturated heterocycles. The van der Waals surface area contributed by atoms with Gasteiger partial charge >= 0.3 is 0 Å². The Morgan fingerprint density at radius 2 is 2.00 bits per heavy atom. The number of hydrogen-bond donors (Lipinski definition) is 2. The highest BCUT2D eigenvalue weighted by Gasteiger charge is 2.20. The van der Waals surface area contributed by atoms with Gasteiger partial charge in [-0.15, -0.1) is 0 Å². The molecular weight excluding hydrogens is 212 g/mol. The summed E-state index contributed by atoms with van der Waals surface area (Å²) in [6.07, 6.45) is 1.14. The van der Waals surface area contributed by atoms with Gasteiger partial charge in [0.05, 0.1) is 11.6 Å². The maximum absolute atomic E-state index is 10.2. The van der Waals surface area contributed by atoms with E-state index in [2.05, 4.69) is 4.98 Å². The lowest BCUT2D eigenvalue weighted by Gasteiger charge is -2.22. The molecule has 90 valence electrons. The molecule has 3 N–H and O–H groups in total. The molecule has 1 aromatic heterocycles. The van der Waals surface area contributed by atoms with Crippen LogP contribution in [0.4, 0.5) is 0 Å². The van der Waals surface area contributed by atoms with E-state index in [9.17, 15) is 5.11 Å². The topological polar surface area (TPSA) is 59.1 Å². The van der Waals surface area contributed by atoms with Crippen LogP contribution in [0.5, 0.6) is 0 Å². The predicted molar refractivity (Wildman–Crippen MR) is 69.5 cm³/mol. The first-order valence-electron chi connectivity index (χ1n) is 5.88. The van der Waals surface area contributed by atoms with Crippen LogP contribution in [0.25, 0.3) is 10.9 Å². The molecule has 3 heteroatoms. The summed E-state index contributed by atoms with van der Waals surface area (Å²) in [6, 6.07) is 9.39. The number of aliphatic hydroxyl groups excluding tert-OH is 1. The van der Waals surface area contributed by atoms with Gasteiger partial charge in [0.1, 0.15) is 0 Å². The molecule has 0 aliphatic rings. The summed E-state index contributed by atoms with van der Waals surface area (Å²) in [6.45, 7) is 4.02. The van der Waals surface area contributed by atoms with Crippen LogP contribution >= 0.6 is 0 Å². The molecule has 1 heterocycles. The lowest BCUT2D eigenvalue weighted by molar-refractivity contribution is 0.126. The van der Waals surface area contributed by atoms with E-state index < -0.39 is 6.10 Å². The second-order valence-electron chi connectivity index (χ2n) is 4.72. The van der Waals surface area contributed by atoms with E-state index in [-0.39, 0.29) is 12.0 Å². The third-order valence-corrected chi connectivity index (χ3v) is 3.10. The van der Waals surface area contributed by atoms with Crippen molar-refractivity contribution in [1.29, 1.82) is 0 Å². The molecule has 1 aromatic carbocycles. The van der Waals surface area contributed by atoms with Crippen molar-refractivity contribution >= 4 is 10.9 Å². The van der Waals surface area contributed by atoms with Crippen LogP contribution < -0.4 is 5.73 Å². The quantitative estimate of drug-likeness (QED) is 0.850. The van der Waals surface area contributed by atoms with E-state index >= 15 is 0 Å². The van der Waals surface area contributed by atoms with Crippen molar-refractivity contribution in [1.82, 2.24) is 4.98 Å². The molecule has 3 nitrogen and oxygen atoms in total. The number of aliphatic hydroxyl groups is 1. The summed E-state index contributed by atoms with van der Waals surface area (Å²) in [5.74, 6) is 0.245. The van der Waals surface area contributed by atoms with Crippen LogP contribution in [-0.4, -0.2) is 16.1 Å². The second-order valence-corrected chi connectivity index (χ2v) is 4.72. The Kier molecular flexibility index (Phi) is 3.41. The number of hydrogen-bond acceptors (Lipinski definition) is 3. The first-order valence-corrected chi connectivity index (χ1v) is 5.88. The maximum Gasteiger partial charge on any atom is 0.0943 e. The average Bonchev–Trinajstić information content (AvgIpc) is 2.36. The van der Waals surface area contributed by atoms with Gasteiger partial charge in [0.15, 0.2) is 0 Å². The molecule has 2 atom stereocenters. The summed E-state index contributed by atoms with van der Waals surface area (Å²) in [4.78, 5) is 4.25. The zero-order chi connectivity index (χ0) is 12.4. The Morgan fingerprint density at radius 3 is 2.71 bits per heavy atom. The first kappa shape index (κ1) is 12.0. The number of pyridine rings is 1. The summed E-state index contributed by atoms with van der Waals surface area (Å²) in [7, 11) is 0. The van der Waals surface area contributed by atoms with Crippen LogP contribution in [0.3, 0.4) is 0 Å². The molecule has 2 rings (SSSR count). The van der Waals surface area contributed by atoms with E-state index in [0.29, 0.717) is 0 Å². The summed E-state index contributed by atoms with van der Waals surface area (Å²) in [5, 5.41) is 11.2. The van der Waals surface area contributed by atoms with Crippen molar-refractivity contribution in [3.63, 3.8) is 0 Å². The number of fused-ring (bicyclic) bond motifs is 1. The number of rotatable bonds is 3. The van der Waals surface area contributed by atoms with E-state index in [1.807, 2.05) is 44.2 Å². The molecule has 0 aliphatic heterocycles. The van der Waals surface area contributed by atoms with Crippen LogP contribution in [-0.2, 0) is 0 Å². The average molecular weight is 230 g/mol. The summed E-state index contributed by atoms with van der Waals surface area (Å²) < 4.78 is 0. The van der Waals surface area contributed by atoms with Gasteiger partial charge in [-0.3, -0.25) is 4.98 Å². The number of aromatic nitrogens is 1. The van der Waals surface area contributed by atoms with E-state index in [1.54, 1.807) is 6.20 Å². The summed E-state index contributed by atoms with van der Waals surface area (Å²) in [5.41, 5.74) is 7.76. The maximum atomic E-state index is 10.2. The minimum atomic E-state index is -0.625. The molecule has 0 fully saturated rings. The smallest absolute Gasteiger partial charge is 0.0943 e. The van der Waals surface area contributed by atoms with Gasteiger partial charge in [-0.1, -0.05) is 26.0 Å². The first-order chi connectivity index (χ1) is 8.09. The van der Waals surface area contributed by atoms with Crippen molar-refractivity contribution in [3.05, 3.63) is 42.1 Å². The highest BCUT2D eigenvalue weighted by molar-refractivity contribution is 5.79. The molecule has 0 bridgehead atoms. The van der Waals surface area contributed by atoms with Gasteiger partial charge < -0.3 is 10.8 Å². The fourth-order valence-corrected chi connectivity index (χ4v) is 1.86.